The van der Waals surface area contributed by atoms with E-state index < -0.39 is 0 Å². The predicted molar refractivity (Wildman–Crippen MR) is 91.6 cm³/mol. The normalized spacial score (nSPS) is 16.3. The van der Waals surface area contributed by atoms with Crippen molar-refractivity contribution >= 4 is 5.91 Å². The molecule has 0 aliphatic heterocycles. The number of aryl methyl sites for hydroxylation is 2. The van der Waals surface area contributed by atoms with Gasteiger partial charge in [0.1, 0.15) is 5.75 Å². The van der Waals surface area contributed by atoms with Crippen molar-refractivity contribution in [2.24, 2.45) is 7.05 Å². The number of nitrogens with one attached hydrogen (secondary N) is 1. The van der Waals surface area contributed by atoms with Gasteiger partial charge in [-0.3, -0.25) is 9.48 Å². The zero-order valence-corrected chi connectivity index (χ0v) is 13.9. The monoisotopic (exact) mass is 337 g/mol. The second-order valence-corrected chi connectivity index (χ2v) is 6.16. The molecule has 6 heteroatoms. The van der Waals surface area contributed by atoms with Gasteiger partial charge in [0.05, 0.1) is 11.7 Å². The molecule has 1 atom stereocenters. The Morgan fingerprint density at radius 3 is 2.96 bits per heavy atom. The van der Waals surface area contributed by atoms with Crippen molar-refractivity contribution in [1.29, 1.82) is 0 Å². The van der Waals surface area contributed by atoms with Gasteiger partial charge in [-0.1, -0.05) is 18.2 Å². The molecule has 2 heterocycles. The first kappa shape index (κ1) is 15.5. The molecule has 0 bridgehead atoms. The molecule has 0 saturated heterocycles. The molecule has 1 aromatic carbocycles. The Bertz CT molecular complexity index is 882. The molecule has 3 aromatic rings. The van der Waals surface area contributed by atoms with E-state index in [0.29, 0.717) is 11.7 Å². The number of para-hydroxylation sites is 1. The lowest BCUT2D eigenvalue weighted by atomic mass is 9.93. The lowest BCUT2D eigenvalue weighted by Gasteiger charge is -2.22. The largest absolute Gasteiger partial charge is 0.426 e. The van der Waals surface area contributed by atoms with Gasteiger partial charge in [-0.2, -0.15) is 5.10 Å². The Morgan fingerprint density at radius 2 is 2.12 bits per heavy atom. The highest BCUT2D eigenvalue weighted by atomic mass is 16.6. The average molecular weight is 337 g/mol. The van der Waals surface area contributed by atoms with Crippen LogP contribution in [0.3, 0.4) is 0 Å². The molecular formula is C19H19N3O3. The van der Waals surface area contributed by atoms with Crippen molar-refractivity contribution in [3.8, 4) is 11.7 Å². The van der Waals surface area contributed by atoms with Gasteiger partial charge in [0.15, 0.2) is 5.76 Å². The fourth-order valence-electron chi connectivity index (χ4n) is 3.15. The van der Waals surface area contributed by atoms with Crippen molar-refractivity contribution in [2.75, 3.05) is 0 Å². The molecule has 1 aliphatic carbocycles. The summed E-state index contributed by atoms with van der Waals surface area (Å²) < 4.78 is 12.9. The summed E-state index contributed by atoms with van der Waals surface area (Å²) in [4.78, 5) is 12.5. The van der Waals surface area contributed by atoms with E-state index in [1.54, 1.807) is 16.8 Å². The minimum absolute atomic E-state index is 0.0338. The number of nitrogens with zero attached hydrogens (tertiary/aromatic N) is 2. The molecule has 0 fully saturated rings. The number of hydrogen-bond acceptors (Lipinski definition) is 4. The van der Waals surface area contributed by atoms with E-state index in [4.69, 9.17) is 9.15 Å². The molecule has 1 aliphatic rings. The van der Waals surface area contributed by atoms with Crippen molar-refractivity contribution in [3.05, 3.63) is 65.7 Å². The molecule has 1 unspecified atom stereocenters. The Hall–Kier alpha value is -3.02. The highest BCUT2D eigenvalue weighted by molar-refractivity contribution is 5.91. The summed E-state index contributed by atoms with van der Waals surface area (Å²) in [6.45, 7) is 0. The fraction of sp³-hybridized carbons (Fsp3) is 0.263. The summed E-state index contributed by atoms with van der Waals surface area (Å²) in [6, 6.07) is 12.6. The van der Waals surface area contributed by atoms with E-state index in [1.165, 1.54) is 0 Å². The molecule has 128 valence electrons. The topological polar surface area (TPSA) is 69.3 Å². The molecule has 2 aromatic heterocycles. The zero-order chi connectivity index (χ0) is 17.2. The summed E-state index contributed by atoms with van der Waals surface area (Å²) >= 11 is 0. The minimum Gasteiger partial charge on any atom is -0.426 e. The maximum atomic E-state index is 12.5. The third kappa shape index (κ3) is 3.28. The molecule has 0 saturated carbocycles. The zero-order valence-electron chi connectivity index (χ0n) is 13.9. The van der Waals surface area contributed by atoms with Crippen LogP contribution in [-0.2, 0) is 13.5 Å². The number of hydrogen-bond donors (Lipinski definition) is 1. The number of rotatable bonds is 4. The number of aromatic nitrogens is 2. The van der Waals surface area contributed by atoms with Gasteiger partial charge >= 0.3 is 0 Å². The van der Waals surface area contributed by atoms with Crippen LogP contribution in [0.2, 0.25) is 0 Å². The number of furan rings is 1. The number of fused-ring (bicyclic) bond motifs is 1. The van der Waals surface area contributed by atoms with E-state index in [1.807, 2.05) is 43.6 Å². The summed E-state index contributed by atoms with van der Waals surface area (Å²) in [5.41, 5.74) is 2.15. The number of carbonyl (C=O) groups is 1. The highest BCUT2D eigenvalue weighted by Crippen LogP contribution is 2.29. The van der Waals surface area contributed by atoms with E-state index in [2.05, 4.69) is 10.4 Å². The standard InChI is InChI=1S/C19H19N3O3/c1-22-12-14-15(8-5-9-16(14)21-22)20-19(23)17-10-11-18(25-17)24-13-6-3-2-4-7-13/h2-4,6-7,10-12,15H,5,8-9H2,1H3,(H,20,23). The van der Waals surface area contributed by atoms with E-state index in [9.17, 15) is 4.79 Å². The Kier molecular flexibility index (Phi) is 4.01. The van der Waals surface area contributed by atoms with E-state index in [-0.39, 0.29) is 17.7 Å². The third-order valence-corrected chi connectivity index (χ3v) is 4.29. The molecule has 6 nitrogen and oxygen atoms in total. The predicted octanol–water partition coefficient (Wildman–Crippen LogP) is 3.61. The Labute approximate surface area is 145 Å². The fourth-order valence-corrected chi connectivity index (χ4v) is 3.15. The Balaban J connectivity index is 1.45. The second kappa shape index (κ2) is 6.47. The van der Waals surface area contributed by atoms with Crippen molar-refractivity contribution in [3.63, 3.8) is 0 Å². The van der Waals surface area contributed by atoms with E-state index in [0.717, 1.165) is 30.5 Å². The second-order valence-electron chi connectivity index (χ2n) is 6.16. The van der Waals surface area contributed by atoms with Crippen molar-refractivity contribution in [1.82, 2.24) is 15.1 Å². The minimum atomic E-state index is -0.246. The van der Waals surface area contributed by atoms with Crippen LogP contribution in [0, 0.1) is 0 Å². The van der Waals surface area contributed by atoms with Crippen LogP contribution in [-0.4, -0.2) is 15.7 Å². The first-order chi connectivity index (χ1) is 12.2. The molecule has 0 radical (unpaired) electrons. The highest BCUT2D eigenvalue weighted by Gasteiger charge is 2.25. The maximum absolute atomic E-state index is 12.5. The van der Waals surface area contributed by atoms with Gasteiger partial charge in [0, 0.05) is 24.9 Å². The first-order valence-electron chi connectivity index (χ1n) is 8.35. The smallest absolute Gasteiger partial charge is 0.290 e. The van der Waals surface area contributed by atoms with Gasteiger partial charge in [0.25, 0.3) is 11.9 Å². The van der Waals surface area contributed by atoms with Crippen LogP contribution in [0.15, 0.2) is 53.1 Å². The van der Waals surface area contributed by atoms with Crippen LogP contribution in [0.4, 0.5) is 0 Å². The third-order valence-electron chi connectivity index (χ3n) is 4.29. The van der Waals surface area contributed by atoms with Gasteiger partial charge < -0.3 is 14.5 Å². The summed E-state index contributed by atoms with van der Waals surface area (Å²) in [5.74, 6) is 0.949. The van der Waals surface area contributed by atoms with Crippen LogP contribution in [0.1, 0.15) is 40.7 Å². The SMILES string of the molecule is Cn1cc2c(n1)CCCC2NC(=O)c1ccc(Oc2ccccc2)o1. The lowest BCUT2D eigenvalue weighted by Crippen LogP contribution is -2.30. The van der Waals surface area contributed by atoms with Crippen LogP contribution in [0.5, 0.6) is 11.7 Å². The number of amides is 1. The number of ether oxygens (including phenoxy) is 1. The van der Waals surface area contributed by atoms with Gasteiger partial charge in [-0.25, -0.2) is 0 Å². The summed E-state index contributed by atoms with van der Waals surface area (Å²) in [6.07, 6.45) is 4.85. The van der Waals surface area contributed by atoms with Crippen molar-refractivity contribution < 1.29 is 13.9 Å². The van der Waals surface area contributed by atoms with E-state index >= 15 is 0 Å². The molecule has 0 spiro atoms. The summed E-state index contributed by atoms with van der Waals surface area (Å²) in [5, 5.41) is 7.49. The molecule has 1 amide bonds. The lowest BCUT2D eigenvalue weighted by molar-refractivity contribution is 0.0899. The average Bonchev–Trinajstić information content (AvgIpc) is 3.22. The molecule has 25 heavy (non-hydrogen) atoms. The van der Waals surface area contributed by atoms with Crippen LogP contribution in [0.25, 0.3) is 0 Å². The number of carbonyl (C=O) groups excluding carboxylic acids is 1. The maximum Gasteiger partial charge on any atom is 0.290 e. The quantitative estimate of drug-likeness (QED) is 0.789. The van der Waals surface area contributed by atoms with Crippen LogP contribution < -0.4 is 10.1 Å². The first-order valence-corrected chi connectivity index (χ1v) is 8.35. The molecule has 1 N–H and O–H groups in total. The molecule has 4 rings (SSSR count). The van der Waals surface area contributed by atoms with Gasteiger partial charge in [-0.05, 0) is 37.5 Å². The van der Waals surface area contributed by atoms with Crippen molar-refractivity contribution in [2.45, 2.75) is 25.3 Å². The number of benzene rings is 1. The summed E-state index contributed by atoms with van der Waals surface area (Å²) in [7, 11) is 1.90. The van der Waals surface area contributed by atoms with Crippen LogP contribution >= 0.6 is 0 Å². The molecular weight excluding hydrogens is 318 g/mol. The Morgan fingerprint density at radius 1 is 1.28 bits per heavy atom. The van der Waals surface area contributed by atoms with Gasteiger partial charge in [-0.15, -0.1) is 0 Å². The van der Waals surface area contributed by atoms with Gasteiger partial charge in [0.2, 0.25) is 0 Å².